The third-order valence-corrected chi connectivity index (χ3v) is 7.51. The van der Waals surface area contributed by atoms with Gasteiger partial charge in [-0.3, -0.25) is 4.79 Å². The number of amides is 1. The van der Waals surface area contributed by atoms with Gasteiger partial charge in [-0.05, 0) is 55.0 Å². The smallest absolute Gasteiger partial charge is 0.219 e. The van der Waals surface area contributed by atoms with Crippen molar-refractivity contribution in [1.82, 2.24) is 4.90 Å². The maximum Gasteiger partial charge on any atom is 0.219 e. The lowest BCUT2D eigenvalue weighted by Gasteiger charge is -2.28. The minimum atomic E-state index is -0.679. The highest BCUT2D eigenvalue weighted by molar-refractivity contribution is 5.73. The van der Waals surface area contributed by atoms with E-state index in [1.54, 1.807) is 6.92 Å². The molecule has 1 heterocycles. The molecular weight excluding hydrogens is 398 g/mol. The van der Waals surface area contributed by atoms with Crippen molar-refractivity contribution in [3.8, 4) is 0 Å². The van der Waals surface area contributed by atoms with E-state index in [2.05, 4.69) is 53.4 Å². The number of carbonyl (C=O) groups excluding carboxylic acids is 1. The molecule has 1 aliphatic heterocycles. The summed E-state index contributed by atoms with van der Waals surface area (Å²) < 4.78 is 0. The fraction of sp³-hybridized carbons (Fsp3) is 0.519. The first-order valence-corrected chi connectivity index (χ1v) is 12.0. The fourth-order valence-electron chi connectivity index (χ4n) is 5.19. The Hall–Kier alpha value is -2.53. The molecule has 1 saturated carbocycles. The summed E-state index contributed by atoms with van der Waals surface area (Å²) in [7, 11) is 3.82. The summed E-state index contributed by atoms with van der Waals surface area (Å²) >= 11 is 0. The largest absolute Gasteiger partial charge is 0.369 e. The zero-order chi connectivity index (χ0) is 22.7. The second-order valence-corrected chi connectivity index (χ2v) is 9.52. The molecule has 2 fully saturated rings. The van der Waals surface area contributed by atoms with Crippen molar-refractivity contribution in [3.05, 3.63) is 59.7 Å². The van der Waals surface area contributed by atoms with E-state index in [4.69, 9.17) is 0 Å². The van der Waals surface area contributed by atoms with Crippen LogP contribution in [0.4, 0.5) is 11.4 Å². The van der Waals surface area contributed by atoms with Gasteiger partial charge in [0.05, 0.1) is 6.04 Å². The minimum Gasteiger partial charge on any atom is -0.369 e. The second kappa shape index (κ2) is 9.95. The van der Waals surface area contributed by atoms with Gasteiger partial charge in [0.2, 0.25) is 5.91 Å². The van der Waals surface area contributed by atoms with Gasteiger partial charge in [-0.15, -0.1) is 0 Å². The number of carbonyl (C=O) groups is 1. The highest BCUT2D eigenvalue weighted by atomic mass is 16.3. The normalized spacial score (nSPS) is 20.2. The molecule has 2 unspecified atom stereocenters. The summed E-state index contributed by atoms with van der Waals surface area (Å²) in [5.41, 5.74) is 4.47. The molecule has 2 atom stereocenters. The number of aliphatic hydroxyl groups excluding tert-OH is 1. The van der Waals surface area contributed by atoms with E-state index in [-0.39, 0.29) is 11.9 Å². The van der Waals surface area contributed by atoms with Crippen LogP contribution in [-0.2, 0) is 4.79 Å². The predicted octanol–water partition coefficient (Wildman–Crippen LogP) is 4.92. The first-order valence-electron chi connectivity index (χ1n) is 12.0. The molecule has 5 heteroatoms. The van der Waals surface area contributed by atoms with Gasteiger partial charge in [-0.25, -0.2) is 0 Å². The van der Waals surface area contributed by atoms with Gasteiger partial charge in [-0.1, -0.05) is 43.5 Å². The van der Waals surface area contributed by atoms with Gasteiger partial charge < -0.3 is 19.8 Å². The van der Waals surface area contributed by atoms with Crippen LogP contribution in [-0.4, -0.2) is 49.1 Å². The number of aliphatic hydroxyl groups is 1. The molecule has 0 aromatic heterocycles. The summed E-state index contributed by atoms with van der Waals surface area (Å²) in [5, 5.41) is 11.0. The SMILES string of the molecule is CC(=O)N(C)C1CCN(c2ccc(N(C)C(O)c3ccc(C4CCCCC4)cc3)cc2)C1. The Balaban J connectivity index is 1.38. The predicted molar refractivity (Wildman–Crippen MR) is 131 cm³/mol. The third kappa shape index (κ3) is 4.93. The van der Waals surface area contributed by atoms with E-state index >= 15 is 0 Å². The van der Waals surface area contributed by atoms with Crippen molar-refractivity contribution >= 4 is 17.3 Å². The summed E-state index contributed by atoms with van der Waals surface area (Å²) in [5.74, 6) is 0.801. The van der Waals surface area contributed by atoms with Crippen LogP contribution >= 0.6 is 0 Å². The van der Waals surface area contributed by atoms with Crippen molar-refractivity contribution in [2.24, 2.45) is 0 Å². The molecule has 172 valence electrons. The van der Waals surface area contributed by atoms with Gasteiger partial charge in [0.1, 0.15) is 0 Å². The number of nitrogens with zero attached hydrogens (tertiary/aromatic N) is 3. The Morgan fingerprint density at radius 1 is 0.969 bits per heavy atom. The van der Waals surface area contributed by atoms with Crippen LogP contribution in [0.15, 0.2) is 48.5 Å². The molecule has 4 rings (SSSR count). The number of hydrogen-bond acceptors (Lipinski definition) is 4. The van der Waals surface area contributed by atoms with E-state index in [0.717, 1.165) is 36.4 Å². The summed E-state index contributed by atoms with van der Waals surface area (Å²) in [6.07, 6.45) is 6.92. The van der Waals surface area contributed by atoms with Gasteiger partial charge in [0.25, 0.3) is 0 Å². The maximum absolute atomic E-state index is 11.7. The van der Waals surface area contributed by atoms with Crippen LogP contribution in [0.1, 0.15) is 68.7 Å². The van der Waals surface area contributed by atoms with Gasteiger partial charge in [0, 0.05) is 51.0 Å². The van der Waals surface area contributed by atoms with Crippen molar-refractivity contribution < 1.29 is 9.90 Å². The van der Waals surface area contributed by atoms with Crippen molar-refractivity contribution in [1.29, 1.82) is 0 Å². The number of hydrogen-bond donors (Lipinski definition) is 1. The van der Waals surface area contributed by atoms with Crippen LogP contribution in [0.3, 0.4) is 0 Å². The Labute approximate surface area is 192 Å². The Morgan fingerprint density at radius 2 is 1.62 bits per heavy atom. The Morgan fingerprint density at radius 3 is 2.25 bits per heavy atom. The molecule has 32 heavy (non-hydrogen) atoms. The molecule has 1 amide bonds. The van der Waals surface area contributed by atoms with Crippen LogP contribution in [0, 0.1) is 0 Å². The van der Waals surface area contributed by atoms with E-state index < -0.39 is 6.23 Å². The molecule has 0 spiro atoms. The number of likely N-dealkylation sites (N-methyl/N-ethyl adjacent to an activating group) is 1. The van der Waals surface area contributed by atoms with Crippen molar-refractivity contribution in [2.45, 2.75) is 63.6 Å². The average molecular weight is 436 g/mol. The van der Waals surface area contributed by atoms with Crippen LogP contribution in [0.25, 0.3) is 0 Å². The highest BCUT2D eigenvalue weighted by Gasteiger charge is 2.27. The standard InChI is InChI=1S/C27H37N3O2/c1-20(31)28(2)26-17-18-30(19-26)25-15-13-24(14-16-25)29(3)27(32)23-11-9-22(10-12-23)21-7-5-4-6-8-21/h9-16,21,26-27,32H,4-8,17-19H2,1-3H3. The second-order valence-electron chi connectivity index (χ2n) is 9.52. The molecule has 2 aromatic rings. The summed E-state index contributed by atoms with van der Waals surface area (Å²) in [4.78, 5) is 17.7. The zero-order valence-corrected chi connectivity index (χ0v) is 19.7. The lowest BCUT2D eigenvalue weighted by atomic mass is 9.84. The van der Waals surface area contributed by atoms with Crippen LogP contribution in [0.2, 0.25) is 0 Å². The van der Waals surface area contributed by atoms with Crippen LogP contribution in [0.5, 0.6) is 0 Å². The van der Waals surface area contributed by atoms with E-state index in [9.17, 15) is 9.90 Å². The van der Waals surface area contributed by atoms with Gasteiger partial charge in [-0.2, -0.15) is 0 Å². The number of benzene rings is 2. The molecule has 5 nitrogen and oxygen atoms in total. The molecule has 2 aliphatic rings. The molecule has 1 saturated heterocycles. The molecule has 1 N–H and O–H groups in total. The lowest BCUT2D eigenvalue weighted by molar-refractivity contribution is -0.129. The van der Waals surface area contributed by atoms with E-state index in [0.29, 0.717) is 5.92 Å². The van der Waals surface area contributed by atoms with Crippen molar-refractivity contribution in [2.75, 3.05) is 37.0 Å². The fourth-order valence-corrected chi connectivity index (χ4v) is 5.19. The molecule has 0 bridgehead atoms. The average Bonchev–Trinajstić information content (AvgIpc) is 3.33. The zero-order valence-electron chi connectivity index (χ0n) is 19.7. The molecule has 2 aromatic carbocycles. The molecular formula is C27H37N3O2. The summed E-state index contributed by atoms with van der Waals surface area (Å²) in [6, 6.07) is 17.2. The quantitative estimate of drug-likeness (QED) is 0.655. The van der Waals surface area contributed by atoms with Gasteiger partial charge in [0.15, 0.2) is 6.23 Å². The number of rotatable bonds is 6. The Bertz CT molecular complexity index is 890. The maximum atomic E-state index is 11.7. The van der Waals surface area contributed by atoms with Gasteiger partial charge >= 0.3 is 0 Å². The topological polar surface area (TPSA) is 47.0 Å². The molecule has 0 radical (unpaired) electrons. The van der Waals surface area contributed by atoms with Crippen LogP contribution < -0.4 is 9.80 Å². The molecule has 1 aliphatic carbocycles. The van der Waals surface area contributed by atoms with Crippen molar-refractivity contribution in [3.63, 3.8) is 0 Å². The van der Waals surface area contributed by atoms with E-state index in [1.165, 1.54) is 37.7 Å². The highest BCUT2D eigenvalue weighted by Crippen LogP contribution is 2.34. The first kappa shape index (κ1) is 22.7. The Kier molecular flexibility index (Phi) is 7.04. The van der Waals surface area contributed by atoms with E-state index in [1.807, 2.05) is 23.9 Å². The summed E-state index contributed by atoms with van der Waals surface area (Å²) in [6.45, 7) is 3.44. The minimum absolute atomic E-state index is 0.120. The lowest BCUT2D eigenvalue weighted by Crippen LogP contribution is -2.37. The monoisotopic (exact) mass is 435 g/mol. The third-order valence-electron chi connectivity index (χ3n) is 7.51. The first-order chi connectivity index (χ1) is 15.4. The number of anilines is 2.